The van der Waals surface area contributed by atoms with Crippen molar-refractivity contribution in [2.75, 3.05) is 4.90 Å². The molecule has 1 fully saturated rings. The van der Waals surface area contributed by atoms with Crippen molar-refractivity contribution in [1.29, 1.82) is 0 Å². The van der Waals surface area contributed by atoms with Crippen molar-refractivity contribution in [1.82, 2.24) is 13.7 Å². The van der Waals surface area contributed by atoms with Crippen LogP contribution in [0.2, 0.25) is 0 Å². The molecular formula is C56H40N4. The van der Waals surface area contributed by atoms with Gasteiger partial charge in [-0.2, -0.15) is 0 Å². The van der Waals surface area contributed by atoms with Crippen LogP contribution in [0.25, 0.3) is 72.0 Å². The molecule has 3 aromatic heterocycles. The summed E-state index contributed by atoms with van der Waals surface area (Å²) in [5.74, 6) is 0.373. The molecule has 3 heterocycles. The maximum absolute atomic E-state index is 2.61. The number of hydrogen-bond acceptors (Lipinski definition) is 1. The van der Waals surface area contributed by atoms with Crippen LogP contribution < -0.4 is 4.90 Å². The molecule has 3 aliphatic carbocycles. The molecule has 0 bridgehead atoms. The highest BCUT2D eigenvalue weighted by atomic mass is 15.2. The van der Waals surface area contributed by atoms with Gasteiger partial charge in [-0.05, 0) is 91.4 Å². The van der Waals surface area contributed by atoms with Crippen molar-refractivity contribution in [2.24, 2.45) is 5.92 Å². The first-order chi connectivity index (χ1) is 29.7. The van der Waals surface area contributed by atoms with E-state index in [-0.39, 0.29) is 5.54 Å². The Balaban J connectivity index is 0.935. The fraction of sp³-hybridized carbons (Fsp3) is 0.0714. The van der Waals surface area contributed by atoms with E-state index in [0.717, 1.165) is 29.9 Å². The smallest absolute Gasteiger partial charge is 0.0708 e. The molecule has 0 spiro atoms. The summed E-state index contributed by atoms with van der Waals surface area (Å²) in [6.45, 7) is 0. The molecule has 3 aliphatic rings. The topological polar surface area (TPSA) is 18.0 Å². The summed E-state index contributed by atoms with van der Waals surface area (Å²) in [7, 11) is 0. The minimum atomic E-state index is -0.0850. The summed E-state index contributed by atoms with van der Waals surface area (Å²) in [5, 5.41) is 6.47. The fourth-order valence-electron chi connectivity index (χ4n) is 10.6. The van der Waals surface area contributed by atoms with Gasteiger partial charge in [-0.3, -0.25) is 0 Å². The average molecular weight is 769 g/mol. The van der Waals surface area contributed by atoms with E-state index in [4.69, 9.17) is 0 Å². The lowest BCUT2D eigenvalue weighted by atomic mass is 10.0. The van der Waals surface area contributed by atoms with E-state index in [2.05, 4.69) is 231 Å². The Kier molecular flexibility index (Phi) is 7.08. The van der Waals surface area contributed by atoms with Crippen LogP contribution in [0.15, 0.2) is 212 Å². The quantitative estimate of drug-likeness (QED) is 0.165. The molecule has 0 saturated heterocycles. The van der Waals surface area contributed by atoms with E-state index >= 15 is 0 Å². The van der Waals surface area contributed by atoms with Crippen LogP contribution in [0, 0.1) is 5.92 Å². The second-order valence-electron chi connectivity index (χ2n) is 16.5. The molecule has 10 aromatic rings. The zero-order valence-corrected chi connectivity index (χ0v) is 33.0. The minimum absolute atomic E-state index is 0.0850. The lowest BCUT2D eigenvalue weighted by molar-refractivity contribution is 0.598. The Bertz CT molecular complexity index is 3390. The van der Waals surface area contributed by atoms with Crippen molar-refractivity contribution < 1.29 is 0 Å². The summed E-state index contributed by atoms with van der Waals surface area (Å²) in [4.78, 5) is 2.45. The van der Waals surface area contributed by atoms with E-state index in [1.54, 1.807) is 0 Å². The molecule has 0 N–H and O–H groups in total. The van der Waals surface area contributed by atoms with E-state index in [1.165, 1.54) is 77.2 Å². The number of allylic oxidation sites excluding steroid dienone is 6. The van der Waals surface area contributed by atoms with E-state index in [0.29, 0.717) is 5.92 Å². The predicted molar refractivity (Wildman–Crippen MR) is 251 cm³/mol. The molecule has 4 nitrogen and oxygen atoms in total. The highest BCUT2D eigenvalue weighted by molar-refractivity contribution is 6.10. The summed E-state index contributed by atoms with van der Waals surface area (Å²) >= 11 is 0. The Labute approximate surface area is 348 Å². The van der Waals surface area contributed by atoms with Gasteiger partial charge in [-0.25, -0.2) is 0 Å². The molecule has 0 radical (unpaired) electrons. The first-order valence-electron chi connectivity index (χ1n) is 21.1. The SMILES string of the molecule is C1=CCc2c(c3ccccc3n2-c2ccc(N(C3=CC4CC4(n4c5ccccc5c5ccccc54)C=C3)c3ccc(-n4c5ccccc5c5ccccc54)cc3)cc2)C=C1. The van der Waals surface area contributed by atoms with Crippen molar-refractivity contribution >= 4 is 72.0 Å². The maximum atomic E-state index is 2.61. The van der Waals surface area contributed by atoms with Crippen molar-refractivity contribution in [2.45, 2.75) is 18.4 Å². The Hall–Kier alpha value is -7.56. The van der Waals surface area contributed by atoms with E-state index < -0.39 is 0 Å². The van der Waals surface area contributed by atoms with Gasteiger partial charge in [0.2, 0.25) is 0 Å². The maximum Gasteiger partial charge on any atom is 0.0708 e. The van der Waals surface area contributed by atoms with Crippen LogP contribution in [0.4, 0.5) is 11.4 Å². The number of para-hydroxylation sites is 5. The van der Waals surface area contributed by atoms with Crippen LogP contribution in [0.5, 0.6) is 0 Å². The van der Waals surface area contributed by atoms with Gasteiger partial charge in [0.25, 0.3) is 0 Å². The standard InChI is InChI=1S/C56H40N4/c1-2-14-44-45-15-4-9-21-51(45)58(50(44)20-3-1)41-30-26-39(27-31-41)57(40-28-32-42(33-29-40)59-52-22-10-5-16-46(52)47-17-6-11-23-53(47)59)43-34-35-56(37-38(56)36-43)60-54-24-12-7-18-48(54)49-19-8-13-25-55(49)60/h1-19,21-36,38H,20,37H2. The highest BCUT2D eigenvalue weighted by Crippen LogP contribution is 2.58. The third-order valence-electron chi connectivity index (χ3n) is 13.3. The van der Waals surface area contributed by atoms with Crippen LogP contribution in [0.1, 0.15) is 17.7 Å². The molecule has 2 unspecified atom stereocenters. The predicted octanol–water partition coefficient (Wildman–Crippen LogP) is 14.0. The first kappa shape index (κ1) is 33.4. The van der Waals surface area contributed by atoms with Gasteiger partial charge in [0, 0.05) is 90.0 Å². The Morgan fingerprint density at radius 3 is 1.52 bits per heavy atom. The molecule has 7 aromatic carbocycles. The van der Waals surface area contributed by atoms with Gasteiger partial charge in [0.05, 0.1) is 22.1 Å². The monoisotopic (exact) mass is 768 g/mol. The third kappa shape index (κ3) is 4.79. The number of anilines is 2. The lowest BCUT2D eigenvalue weighted by Gasteiger charge is -2.30. The summed E-state index contributed by atoms with van der Waals surface area (Å²) in [6.07, 6.45) is 18.2. The molecule has 60 heavy (non-hydrogen) atoms. The molecule has 284 valence electrons. The fourth-order valence-corrected chi connectivity index (χ4v) is 10.6. The zero-order chi connectivity index (χ0) is 39.4. The summed E-state index contributed by atoms with van der Waals surface area (Å²) in [5.41, 5.74) is 14.6. The molecular weight excluding hydrogens is 729 g/mol. The van der Waals surface area contributed by atoms with Gasteiger partial charge >= 0.3 is 0 Å². The van der Waals surface area contributed by atoms with Gasteiger partial charge < -0.3 is 18.6 Å². The molecule has 2 atom stereocenters. The van der Waals surface area contributed by atoms with Crippen LogP contribution >= 0.6 is 0 Å². The molecule has 4 heteroatoms. The minimum Gasteiger partial charge on any atom is -0.330 e. The zero-order valence-electron chi connectivity index (χ0n) is 33.0. The van der Waals surface area contributed by atoms with Crippen LogP contribution in [-0.4, -0.2) is 13.7 Å². The molecule has 13 rings (SSSR count). The third-order valence-corrected chi connectivity index (χ3v) is 13.3. The molecule has 1 saturated carbocycles. The van der Waals surface area contributed by atoms with E-state index in [1.807, 2.05) is 0 Å². The summed E-state index contributed by atoms with van der Waals surface area (Å²) in [6, 6.07) is 62.4. The second kappa shape index (κ2) is 12.7. The van der Waals surface area contributed by atoms with Crippen LogP contribution in [-0.2, 0) is 12.0 Å². The Morgan fingerprint density at radius 2 is 0.950 bits per heavy atom. The number of fused-ring (bicyclic) bond motifs is 10. The normalized spacial score (nSPS) is 18.0. The van der Waals surface area contributed by atoms with Crippen molar-refractivity contribution in [3.8, 4) is 11.4 Å². The summed E-state index contributed by atoms with van der Waals surface area (Å²) < 4.78 is 7.45. The van der Waals surface area contributed by atoms with Crippen LogP contribution in [0.3, 0.4) is 0 Å². The number of hydrogen-bond donors (Lipinski definition) is 0. The van der Waals surface area contributed by atoms with Crippen molar-refractivity contribution in [3.05, 3.63) is 223 Å². The first-order valence-corrected chi connectivity index (χ1v) is 21.1. The number of rotatable bonds is 6. The average Bonchev–Trinajstić information content (AvgIpc) is 3.76. The lowest BCUT2D eigenvalue weighted by Crippen LogP contribution is -2.22. The number of benzene rings is 7. The molecule has 0 aliphatic heterocycles. The van der Waals surface area contributed by atoms with E-state index in [9.17, 15) is 0 Å². The van der Waals surface area contributed by atoms with Gasteiger partial charge in [-0.1, -0.05) is 127 Å². The van der Waals surface area contributed by atoms with Crippen molar-refractivity contribution in [3.63, 3.8) is 0 Å². The van der Waals surface area contributed by atoms with Gasteiger partial charge in [-0.15, -0.1) is 0 Å². The second-order valence-corrected chi connectivity index (χ2v) is 16.5. The highest BCUT2D eigenvalue weighted by Gasteiger charge is 2.55. The van der Waals surface area contributed by atoms with Gasteiger partial charge in [0.15, 0.2) is 0 Å². The number of nitrogens with zero attached hydrogens (tertiary/aromatic N) is 4. The largest absolute Gasteiger partial charge is 0.330 e. The van der Waals surface area contributed by atoms with Gasteiger partial charge in [0.1, 0.15) is 0 Å². The molecule has 0 amide bonds. The number of aromatic nitrogens is 3. The Morgan fingerprint density at radius 1 is 0.467 bits per heavy atom.